The Morgan fingerprint density at radius 1 is 1.05 bits per heavy atom. The summed E-state index contributed by atoms with van der Waals surface area (Å²) in [4.78, 5) is 4.46. The van der Waals surface area contributed by atoms with Crippen LogP contribution in [0.25, 0.3) is 10.9 Å². The standard InChI is InChI=1S/C29H28BN9/c1-28(2,3)17-35-27-20(14-33)15-34-26-19(13-32)10-22(11-24(26)27)36-29(30,21-6-4-5-18(9-21)12-31)25-16-39(38-37-25)23-7-8-23/h4-6,9-11,15-16,23,36H,7-8,17,30H2,1-3H3,(H,34,35). The Bertz CT molecular complexity index is 1690. The lowest BCUT2D eigenvalue weighted by Crippen LogP contribution is -2.38. The van der Waals surface area contributed by atoms with Gasteiger partial charge in [0.25, 0.3) is 0 Å². The van der Waals surface area contributed by atoms with Gasteiger partial charge in [-0.3, -0.25) is 4.98 Å². The van der Waals surface area contributed by atoms with Crippen LogP contribution in [-0.2, 0) is 5.44 Å². The van der Waals surface area contributed by atoms with E-state index in [1.165, 1.54) is 6.20 Å². The van der Waals surface area contributed by atoms with Gasteiger partial charge in [0, 0.05) is 23.8 Å². The second-order valence-electron chi connectivity index (χ2n) is 11.4. The van der Waals surface area contributed by atoms with Gasteiger partial charge in [-0.1, -0.05) is 38.1 Å². The molecule has 1 saturated carbocycles. The monoisotopic (exact) mass is 513 g/mol. The quantitative estimate of drug-likeness (QED) is 0.351. The summed E-state index contributed by atoms with van der Waals surface area (Å²) < 4.78 is 1.89. The summed E-state index contributed by atoms with van der Waals surface area (Å²) in [6.45, 7) is 6.96. The van der Waals surface area contributed by atoms with Crippen molar-refractivity contribution in [3.63, 3.8) is 0 Å². The minimum atomic E-state index is -0.875. The van der Waals surface area contributed by atoms with Crippen LogP contribution in [0.5, 0.6) is 0 Å². The Morgan fingerprint density at radius 3 is 2.49 bits per heavy atom. The number of hydrogen-bond donors (Lipinski definition) is 2. The first-order chi connectivity index (χ1) is 18.6. The van der Waals surface area contributed by atoms with Crippen molar-refractivity contribution in [2.24, 2.45) is 5.41 Å². The van der Waals surface area contributed by atoms with Gasteiger partial charge in [-0.2, -0.15) is 15.8 Å². The molecule has 39 heavy (non-hydrogen) atoms. The molecule has 4 aromatic rings. The van der Waals surface area contributed by atoms with Gasteiger partial charge in [0.05, 0.1) is 51.6 Å². The van der Waals surface area contributed by atoms with E-state index in [1.54, 1.807) is 12.1 Å². The van der Waals surface area contributed by atoms with Crippen LogP contribution in [0.15, 0.2) is 48.8 Å². The van der Waals surface area contributed by atoms with E-state index < -0.39 is 5.44 Å². The SMILES string of the molecule is BC(Nc1cc(C#N)c2ncc(C#N)c(NCC(C)(C)C)c2c1)(c1cccc(C#N)c1)c1cn(C2CC2)nn1. The fourth-order valence-electron chi connectivity index (χ4n) is 4.58. The van der Waals surface area contributed by atoms with E-state index in [1.807, 2.05) is 43.0 Å². The number of rotatable bonds is 7. The van der Waals surface area contributed by atoms with Crippen molar-refractivity contribution in [3.8, 4) is 18.2 Å². The molecule has 9 nitrogen and oxygen atoms in total. The van der Waals surface area contributed by atoms with Gasteiger partial charge in [-0.05, 0) is 48.1 Å². The van der Waals surface area contributed by atoms with Crippen molar-refractivity contribution >= 4 is 30.1 Å². The zero-order valence-electron chi connectivity index (χ0n) is 22.4. The summed E-state index contributed by atoms with van der Waals surface area (Å²) >= 11 is 0. The number of pyridine rings is 1. The third-order valence-corrected chi connectivity index (χ3v) is 6.91. The molecule has 0 amide bonds. The molecule has 1 aliphatic carbocycles. The summed E-state index contributed by atoms with van der Waals surface area (Å²) in [6, 6.07) is 18.1. The number of aromatic nitrogens is 4. The van der Waals surface area contributed by atoms with Gasteiger partial charge in [0.2, 0.25) is 0 Å². The second-order valence-corrected chi connectivity index (χ2v) is 11.4. The van der Waals surface area contributed by atoms with E-state index in [0.29, 0.717) is 57.2 Å². The maximum absolute atomic E-state index is 10.0. The van der Waals surface area contributed by atoms with Crippen LogP contribution in [0.2, 0.25) is 0 Å². The van der Waals surface area contributed by atoms with E-state index in [2.05, 4.69) is 64.9 Å². The smallest absolute Gasteiger partial charge is 0.148 e. The van der Waals surface area contributed by atoms with E-state index in [4.69, 9.17) is 0 Å². The normalized spacial score (nSPS) is 14.6. The zero-order valence-corrected chi connectivity index (χ0v) is 22.4. The summed E-state index contributed by atoms with van der Waals surface area (Å²) in [6.07, 6.45) is 5.61. The first-order valence-electron chi connectivity index (χ1n) is 12.9. The fourth-order valence-corrected chi connectivity index (χ4v) is 4.58. The number of anilines is 2. The Labute approximate surface area is 228 Å². The molecular weight excluding hydrogens is 485 g/mol. The van der Waals surface area contributed by atoms with Crippen molar-refractivity contribution in [3.05, 3.63) is 76.7 Å². The van der Waals surface area contributed by atoms with Crippen molar-refractivity contribution in [1.29, 1.82) is 15.8 Å². The highest BCUT2D eigenvalue weighted by Gasteiger charge is 2.35. The molecule has 0 radical (unpaired) electrons. The molecule has 0 aliphatic heterocycles. The summed E-state index contributed by atoms with van der Waals surface area (Å²) in [5.74, 6) is 0. The molecule has 192 valence electrons. The maximum atomic E-state index is 10.0. The van der Waals surface area contributed by atoms with Crippen molar-refractivity contribution < 1.29 is 0 Å². The number of nitrogens with one attached hydrogen (secondary N) is 2. The lowest BCUT2D eigenvalue weighted by Gasteiger charge is -2.31. The molecule has 10 heteroatoms. The van der Waals surface area contributed by atoms with Crippen LogP contribution in [0.3, 0.4) is 0 Å². The van der Waals surface area contributed by atoms with Crippen LogP contribution in [0.4, 0.5) is 11.4 Å². The molecule has 5 rings (SSSR count). The van der Waals surface area contributed by atoms with Crippen molar-refractivity contribution in [2.75, 3.05) is 17.2 Å². The summed E-state index contributed by atoms with van der Waals surface area (Å²) in [5, 5.41) is 46.0. The lowest BCUT2D eigenvalue weighted by atomic mass is 9.69. The van der Waals surface area contributed by atoms with E-state index in [-0.39, 0.29) is 5.41 Å². The Morgan fingerprint density at radius 2 is 1.82 bits per heavy atom. The molecule has 2 aromatic heterocycles. The molecule has 2 heterocycles. The van der Waals surface area contributed by atoms with Gasteiger partial charge >= 0.3 is 0 Å². The molecule has 1 atom stereocenters. The second kappa shape index (κ2) is 9.78. The molecule has 1 aliphatic rings. The number of nitriles is 3. The molecule has 0 spiro atoms. The topological polar surface area (TPSA) is 139 Å². The van der Waals surface area contributed by atoms with Gasteiger partial charge < -0.3 is 10.6 Å². The molecule has 2 aromatic carbocycles. The first kappa shape index (κ1) is 25.8. The maximum Gasteiger partial charge on any atom is 0.148 e. The highest BCUT2D eigenvalue weighted by atomic mass is 15.4. The van der Waals surface area contributed by atoms with Crippen LogP contribution in [0.1, 0.15) is 67.6 Å². The van der Waals surface area contributed by atoms with E-state index >= 15 is 0 Å². The average molecular weight is 513 g/mol. The van der Waals surface area contributed by atoms with E-state index in [9.17, 15) is 15.8 Å². The summed E-state index contributed by atoms with van der Waals surface area (Å²) in [5.41, 5.74) is 3.75. The Balaban J connectivity index is 1.67. The third-order valence-electron chi connectivity index (χ3n) is 6.91. The predicted molar refractivity (Wildman–Crippen MR) is 152 cm³/mol. The third kappa shape index (κ3) is 5.13. The summed E-state index contributed by atoms with van der Waals surface area (Å²) in [7, 11) is 1.99. The largest absolute Gasteiger partial charge is 0.383 e. The Hall–Kier alpha value is -4.88. The van der Waals surface area contributed by atoms with Gasteiger partial charge in [-0.15, -0.1) is 5.10 Å². The lowest BCUT2D eigenvalue weighted by molar-refractivity contribution is 0.443. The average Bonchev–Trinajstić information content (AvgIpc) is 3.66. The molecular formula is C29H28BN9. The number of nitrogens with zero attached hydrogens (tertiary/aromatic N) is 7. The molecule has 2 N–H and O–H groups in total. The predicted octanol–water partition coefficient (Wildman–Crippen LogP) is 4.18. The fraction of sp³-hybridized carbons (Fsp3) is 0.310. The molecule has 1 fully saturated rings. The highest BCUT2D eigenvalue weighted by Crippen LogP contribution is 2.38. The van der Waals surface area contributed by atoms with Crippen LogP contribution in [0, 0.1) is 39.4 Å². The first-order valence-corrected chi connectivity index (χ1v) is 12.9. The van der Waals surface area contributed by atoms with Gasteiger partial charge in [0.1, 0.15) is 25.7 Å². The van der Waals surface area contributed by atoms with Crippen molar-refractivity contribution in [1.82, 2.24) is 20.0 Å². The zero-order chi connectivity index (χ0) is 27.8. The highest BCUT2D eigenvalue weighted by molar-refractivity contribution is 6.19. The molecule has 0 bridgehead atoms. The number of fused-ring (bicyclic) bond motifs is 1. The van der Waals surface area contributed by atoms with Crippen LogP contribution < -0.4 is 10.6 Å². The van der Waals surface area contributed by atoms with Crippen LogP contribution in [-0.4, -0.2) is 34.4 Å². The van der Waals surface area contributed by atoms with Gasteiger partial charge in [-0.25, -0.2) is 4.68 Å². The van der Waals surface area contributed by atoms with Crippen molar-refractivity contribution in [2.45, 2.75) is 45.1 Å². The minimum Gasteiger partial charge on any atom is -0.383 e. The van der Waals surface area contributed by atoms with E-state index in [0.717, 1.165) is 18.4 Å². The Kier molecular flexibility index (Phi) is 6.46. The molecule has 0 saturated heterocycles. The minimum absolute atomic E-state index is 0.0338. The molecule has 1 unspecified atom stereocenters. The van der Waals surface area contributed by atoms with Gasteiger partial charge in [0.15, 0.2) is 0 Å². The number of hydrogen-bond acceptors (Lipinski definition) is 8. The van der Waals surface area contributed by atoms with Crippen LogP contribution >= 0.6 is 0 Å². The number of benzene rings is 2.